The normalized spacial score (nSPS) is 10.1. The third kappa shape index (κ3) is 2.52. The molecule has 4 aromatic rings. The molecule has 0 bridgehead atoms. The van der Waals surface area contributed by atoms with Crippen LogP contribution in [0.15, 0.2) is 55.5 Å². The van der Waals surface area contributed by atoms with E-state index in [0.29, 0.717) is 5.65 Å². The number of nitrogens with zero attached hydrogens (tertiary/aromatic N) is 5. The quantitative estimate of drug-likeness (QED) is 0.516. The molecule has 1 aromatic carbocycles. The highest BCUT2D eigenvalue weighted by Crippen LogP contribution is 2.08. The van der Waals surface area contributed by atoms with Gasteiger partial charge in [0.05, 0.1) is 24.9 Å². The van der Waals surface area contributed by atoms with E-state index in [-0.39, 0.29) is 0 Å². The Labute approximate surface area is 108 Å². The molecule has 6 nitrogen and oxygen atoms in total. The van der Waals surface area contributed by atoms with Crippen molar-refractivity contribution in [2.45, 2.75) is 0 Å². The molecule has 19 heavy (non-hydrogen) atoms. The largest absolute Gasteiger partial charge is 0.342 e. The Morgan fingerprint density at radius 1 is 0.842 bits per heavy atom. The molecule has 3 aromatic heterocycles. The smallest absolute Gasteiger partial charge is 0.180 e. The molecule has 0 saturated carbocycles. The van der Waals surface area contributed by atoms with Crippen molar-refractivity contribution in [2.75, 3.05) is 0 Å². The molecule has 0 radical (unpaired) electrons. The Morgan fingerprint density at radius 2 is 1.58 bits per heavy atom. The topological polar surface area (TPSA) is 80.2 Å². The SMILES string of the molecule is c1ccc2cnncc2c1.c1ncc2[nH]cnc2n1. The van der Waals surface area contributed by atoms with Crippen molar-refractivity contribution in [1.82, 2.24) is 30.1 Å². The molecule has 4 rings (SSSR count). The molecule has 1 N–H and O–H groups in total. The van der Waals surface area contributed by atoms with Crippen molar-refractivity contribution in [3.8, 4) is 0 Å². The van der Waals surface area contributed by atoms with Crippen LogP contribution in [0.2, 0.25) is 0 Å². The maximum atomic E-state index is 3.91. The lowest BCUT2D eigenvalue weighted by molar-refractivity contribution is 1.05. The summed E-state index contributed by atoms with van der Waals surface area (Å²) in [5, 5.41) is 9.80. The van der Waals surface area contributed by atoms with E-state index in [0.717, 1.165) is 16.3 Å². The molecule has 0 aliphatic heterocycles. The van der Waals surface area contributed by atoms with Crippen molar-refractivity contribution in [3.63, 3.8) is 0 Å². The summed E-state index contributed by atoms with van der Waals surface area (Å²) < 4.78 is 0. The van der Waals surface area contributed by atoms with Crippen molar-refractivity contribution < 1.29 is 0 Å². The van der Waals surface area contributed by atoms with Gasteiger partial charge in [-0.15, -0.1) is 0 Å². The number of fused-ring (bicyclic) bond motifs is 2. The van der Waals surface area contributed by atoms with Crippen LogP contribution in [0, 0.1) is 0 Å². The average molecular weight is 250 g/mol. The number of H-pyrrole nitrogens is 1. The predicted octanol–water partition coefficient (Wildman–Crippen LogP) is 1.98. The first-order chi connectivity index (χ1) is 9.43. The van der Waals surface area contributed by atoms with Gasteiger partial charge in [0.2, 0.25) is 0 Å². The van der Waals surface area contributed by atoms with Gasteiger partial charge in [-0.05, 0) is 0 Å². The highest BCUT2D eigenvalue weighted by atomic mass is 15.1. The van der Waals surface area contributed by atoms with E-state index in [1.165, 1.54) is 6.33 Å². The van der Waals surface area contributed by atoms with Crippen molar-refractivity contribution in [3.05, 3.63) is 55.5 Å². The molecule has 0 saturated heterocycles. The summed E-state index contributed by atoms with van der Waals surface area (Å²) in [6.07, 6.45) is 8.28. The van der Waals surface area contributed by atoms with Gasteiger partial charge in [0.1, 0.15) is 11.8 Å². The van der Waals surface area contributed by atoms with Gasteiger partial charge >= 0.3 is 0 Å². The van der Waals surface area contributed by atoms with Crippen molar-refractivity contribution in [1.29, 1.82) is 0 Å². The van der Waals surface area contributed by atoms with Crippen LogP contribution in [0.3, 0.4) is 0 Å². The Balaban J connectivity index is 0.000000117. The van der Waals surface area contributed by atoms with Crippen LogP contribution in [-0.4, -0.2) is 30.1 Å². The fraction of sp³-hybridized carbons (Fsp3) is 0. The average Bonchev–Trinajstić information content (AvgIpc) is 2.96. The van der Waals surface area contributed by atoms with Crippen LogP contribution in [0.5, 0.6) is 0 Å². The number of hydrogen-bond donors (Lipinski definition) is 1. The second kappa shape index (κ2) is 5.18. The van der Waals surface area contributed by atoms with Crippen LogP contribution in [0.4, 0.5) is 0 Å². The van der Waals surface area contributed by atoms with Gasteiger partial charge in [0.25, 0.3) is 0 Å². The molecule has 92 valence electrons. The highest BCUT2D eigenvalue weighted by Gasteiger charge is 1.91. The molecular weight excluding hydrogens is 240 g/mol. The number of benzene rings is 1. The molecule has 3 heterocycles. The number of aromatic amines is 1. The molecule has 0 unspecified atom stereocenters. The van der Waals surface area contributed by atoms with Gasteiger partial charge in [0.15, 0.2) is 5.65 Å². The van der Waals surface area contributed by atoms with E-state index in [4.69, 9.17) is 0 Å². The van der Waals surface area contributed by atoms with Crippen molar-refractivity contribution >= 4 is 21.9 Å². The number of hydrogen-bond acceptors (Lipinski definition) is 5. The van der Waals surface area contributed by atoms with E-state index in [2.05, 4.69) is 30.1 Å². The molecule has 6 heteroatoms. The number of nitrogens with one attached hydrogen (secondary N) is 1. The first-order valence-corrected chi connectivity index (χ1v) is 5.68. The lowest BCUT2D eigenvalue weighted by Crippen LogP contribution is -1.77. The molecule has 0 aliphatic carbocycles. The Hall–Kier alpha value is -2.89. The molecule has 0 aliphatic rings. The maximum Gasteiger partial charge on any atom is 0.180 e. The summed E-state index contributed by atoms with van der Waals surface area (Å²) >= 11 is 0. The molecule has 0 fully saturated rings. The van der Waals surface area contributed by atoms with Gasteiger partial charge in [-0.25, -0.2) is 15.0 Å². The summed E-state index contributed by atoms with van der Waals surface area (Å²) in [6, 6.07) is 8.02. The van der Waals surface area contributed by atoms with Gasteiger partial charge < -0.3 is 4.98 Å². The Kier molecular flexibility index (Phi) is 3.05. The van der Waals surface area contributed by atoms with Crippen molar-refractivity contribution in [2.24, 2.45) is 0 Å². The summed E-state index contributed by atoms with van der Waals surface area (Å²) in [4.78, 5) is 14.5. The van der Waals surface area contributed by atoms with E-state index < -0.39 is 0 Å². The van der Waals surface area contributed by atoms with Crippen LogP contribution in [0.1, 0.15) is 0 Å². The van der Waals surface area contributed by atoms with E-state index in [9.17, 15) is 0 Å². The monoisotopic (exact) mass is 250 g/mol. The van der Waals surface area contributed by atoms with Gasteiger partial charge in [-0.2, -0.15) is 10.2 Å². The van der Waals surface area contributed by atoms with E-state index >= 15 is 0 Å². The summed E-state index contributed by atoms with van der Waals surface area (Å²) in [5.41, 5.74) is 1.59. The predicted molar refractivity (Wildman–Crippen MR) is 71.2 cm³/mol. The van der Waals surface area contributed by atoms with Gasteiger partial charge in [-0.3, -0.25) is 0 Å². The second-order valence-corrected chi connectivity index (χ2v) is 3.78. The summed E-state index contributed by atoms with van der Waals surface area (Å²) in [5.74, 6) is 0. The molecule has 0 atom stereocenters. The molecule has 0 spiro atoms. The zero-order valence-electron chi connectivity index (χ0n) is 9.93. The van der Waals surface area contributed by atoms with Gasteiger partial charge in [-0.1, -0.05) is 24.3 Å². The van der Waals surface area contributed by atoms with Crippen LogP contribution >= 0.6 is 0 Å². The Morgan fingerprint density at radius 3 is 2.26 bits per heavy atom. The third-order valence-electron chi connectivity index (χ3n) is 2.55. The maximum absolute atomic E-state index is 3.91. The second-order valence-electron chi connectivity index (χ2n) is 3.78. The fourth-order valence-corrected chi connectivity index (χ4v) is 1.63. The van der Waals surface area contributed by atoms with Crippen LogP contribution in [-0.2, 0) is 0 Å². The zero-order chi connectivity index (χ0) is 12.9. The number of aromatic nitrogens is 6. The number of imidazole rings is 1. The van der Waals surface area contributed by atoms with Crippen LogP contribution < -0.4 is 0 Å². The number of rotatable bonds is 0. The standard InChI is InChI=1S/C8H6N2.C5H4N4/c1-2-4-8-6-10-9-5-7(8)3-1;1-4-5(8-2-6-1)9-3-7-4/h1-6H;1-3H,(H,6,7,8,9). The van der Waals surface area contributed by atoms with Crippen LogP contribution in [0.25, 0.3) is 21.9 Å². The lowest BCUT2D eigenvalue weighted by atomic mass is 10.2. The molecule has 0 amide bonds. The zero-order valence-corrected chi connectivity index (χ0v) is 9.93. The first-order valence-electron chi connectivity index (χ1n) is 5.68. The molecular formula is C13H10N6. The summed E-state index contributed by atoms with van der Waals surface area (Å²) in [7, 11) is 0. The lowest BCUT2D eigenvalue weighted by Gasteiger charge is -1.90. The van der Waals surface area contributed by atoms with E-state index in [1.54, 1.807) is 24.9 Å². The highest BCUT2D eigenvalue weighted by molar-refractivity contribution is 5.80. The first kappa shape index (κ1) is 11.2. The van der Waals surface area contributed by atoms with Gasteiger partial charge in [0, 0.05) is 10.8 Å². The summed E-state index contributed by atoms with van der Waals surface area (Å²) in [6.45, 7) is 0. The van der Waals surface area contributed by atoms with E-state index in [1.807, 2.05) is 24.3 Å². The Bertz CT molecular complexity index is 699. The minimum Gasteiger partial charge on any atom is -0.342 e. The minimum absolute atomic E-state index is 0.713. The fourth-order valence-electron chi connectivity index (χ4n) is 1.63. The third-order valence-corrected chi connectivity index (χ3v) is 2.55. The minimum atomic E-state index is 0.713.